The first-order valence-corrected chi connectivity index (χ1v) is 9.22. The summed E-state index contributed by atoms with van der Waals surface area (Å²) in [5, 5.41) is 3.63. The van der Waals surface area contributed by atoms with Gasteiger partial charge in [-0.25, -0.2) is 0 Å². The average Bonchev–Trinajstić information content (AvgIpc) is 2.84. The maximum absolute atomic E-state index is 12.4. The van der Waals surface area contributed by atoms with Crippen molar-refractivity contribution in [1.29, 1.82) is 0 Å². The normalized spacial score (nSPS) is 17.3. The standard InChI is InChI=1S/C16H22N2O3S2/c1-20-12-4-5-14(21-2)11(10-12)6-8-18-15(19)13(7-9-23-3)17-16(18)22/h4-5,10,13H,6-9H2,1-3H3,(H,17,22)/t13-/m1/s1. The van der Waals surface area contributed by atoms with Crippen molar-refractivity contribution in [2.45, 2.75) is 18.9 Å². The van der Waals surface area contributed by atoms with E-state index in [0.717, 1.165) is 29.2 Å². The Balaban J connectivity index is 2.03. The third-order valence-corrected chi connectivity index (χ3v) is 4.79. The van der Waals surface area contributed by atoms with Crippen molar-refractivity contribution in [3.63, 3.8) is 0 Å². The van der Waals surface area contributed by atoms with Gasteiger partial charge in [-0.05, 0) is 60.8 Å². The fraction of sp³-hybridized carbons (Fsp3) is 0.500. The van der Waals surface area contributed by atoms with Crippen LogP contribution < -0.4 is 14.8 Å². The summed E-state index contributed by atoms with van der Waals surface area (Å²) in [5.41, 5.74) is 0.995. The van der Waals surface area contributed by atoms with Gasteiger partial charge in [0.05, 0.1) is 14.2 Å². The predicted octanol–water partition coefficient (Wildman–Crippen LogP) is 2.08. The maximum atomic E-state index is 12.4. The molecule has 1 N–H and O–H groups in total. The molecule has 0 saturated carbocycles. The van der Waals surface area contributed by atoms with Gasteiger partial charge in [0, 0.05) is 6.54 Å². The number of nitrogens with zero attached hydrogens (tertiary/aromatic N) is 1. The minimum absolute atomic E-state index is 0.0610. The Hall–Kier alpha value is -1.47. The van der Waals surface area contributed by atoms with E-state index in [1.807, 2.05) is 24.5 Å². The molecule has 23 heavy (non-hydrogen) atoms. The lowest BCUT2D eigenvalue weighted by Crippen LogP contribution is -2.33. The van der Waals surface area contributed by atoms with Gasteiger partial charge in [0.1, 0.15) is 17.5 Å². The number of hydrogen-bond donors (Lipinski definition) is 1. The zero-order valence-corrected chi connectivity index (χ0v) is 15.3. The number of benzene rings is 1. The molecule has 1 fully saturated rings. The summed E-state index contributed by atoms with van der Waals surface area (Å²) in [4.78, 5) is 14.1. The van der Waals surface area contributed by atoms with Gasteiger partial charge in [-0.15, -0.1) is 0 Å². The second-order valence-corrected chi connectivity index (χ2v) is 6.57. The molecule has 0 spiro atoms. The molecule has 0 radical (unpaired) electrons. The van der Waals surface area contributed by atoms with Crippen LogP contribution in [0.3, 0.4) is 0 Å². The molecule has 0 aromatic heterocycles. The molecule has 0 unspecified atom stereocenters. The molecule has 126 valence electrons. The smallest absolute Gasteiger partial charge is 0.251 e. The lowest BCUT2D eigenvalue weighted by atomic mass is 10.1. The van der Waals surface area contributed by atoms with Crippen LogP contribution in [0.25, 0.3) is 0 Å². The molecule has 1 aliphatic heterocycles. The van der Waals surface area contributed by atoms with E-state index in [4.69, 9.17) is 21.7 Å². The molecule has 1 aromatic rings. The highest BCUT2D eigenvalue weighted by molar-refractivity contribution is 7.98. The van der Waals surface area contributed by atoms with E-state index in [0.29, 0.717) is 18.1 Å². The van der Waals surface area contributed by atoms with E-state index in [2.05, 4.69) is 5.32 Å². The van der Waals surface area contributed by atoms with Crippen LogP contribution in [0.5, 0.6) is 11.5 Å². The molecule has 2 rings (SSSR count). The summed E-state index contributed by atoms with van der Waals surface area (Å²) >= 11 is 7.03. The number of rotatable bonds is 8. The molecule has 1 heterocycles. The minimum Gasteiger partial charge on any atom is -0.497 e. The highest BCUT2D eigenvalue weighted by Crippen LogP contribution is 2.25. The number of ether oxygens (including phenoxy) is 2. The van der Waals surface area contributed by atoms with E-state index >= 15 is 0 Å². The predicted molar refractivity (Wildman–Crippen MR) is 97.5 cm³/mol. The molecule has 1 aliphatic rings. The molecular weight excluding hydrogens is 332 g/mol. The fourth-order valence-electron chi connectivity index (χ4n) is 2.53. The number of carbonyl (C=O) groups excluding carboxylic acids is 1. The first-order chi connectivity index (χ1) is 11.1. The Morgan fingerprint density at radius 1 is 1.35 bits per heavy atom. The summed E-state index contributed by atoms with van der Waals surface area (Å²) in [6.45, 7) is 0.532. The van der Waals surface area contributed by atoms with Crippen molar-refractivity contribution < 1.29 is 14.3 Å². The summed E-state index contributed by atoms with van der Waals surface area (Å²) in [7, 11) is 3.27. The van der Waals surface area contributed by atoms with Crippen molar-refractivity contribution >= 4 is 35.0 Å². The van der Waals surface area contributed by atoms with Gasteiger partial charge < -0.3 is 14.8 Å². The van der Waals surface area contributed by atoms with Crippen LogP contribution in [0.1, 0.15) is 12.0 Å². The number of hydrogen-bond acceptors (Lipinski definition) is 5. The molecule has 5 nitrogen and oxygen atoms in total. The number of thiocarbonyl (C=S) groups is 1. The van der Waals surface area contributed by atoms with Crippen LogP contribution in [0, 0.1) is 0 Å². The summed E-state index contributed by atoms with van der Waals surface area (Å²) < 4.78 is 10.6. The first kappa shape index (κ1) is 17.9. The fourth-order valence-corrected chi connectivity index (χ4v) is 3.32. The Morgan fingerprint density at radius 3 is 2.78 bits per heavy atom. The van der Waals surface area contributed by atoms with Gasteiger partial charge in [-0.1, -0.05) is 0 Å². The second kappa shape index (κ2) is 8.40. The lowest BCUT2D eigenvalue weighted by molar-refractivity contribution is -0.127. The van der Waals surface area contributed by atoms with Crippen molar-refractivity contribution in [3.8, 4) is 11.5 Å². The van der Waals surface area contributed by atoms with E-state index in [1.165, 1.54) is 0 Å². The highest BCUT2D eigenvalue weighted by Gasteiger charge is 2.34. The molecule has 0 aliphatic carbocycles. The van der Waals surface area contributed by atoms with Gasteiger partial charge >= 0.3 is 0 Å². The third-order valence-electron chi connectivity index (χ3n) is 3.81. The molecule has 1 atom stereocenters. The van der Waals surface area contributed by atoms with Gasteiger partial charge in [0.15, 0.2) is 5.11 Å². The van der Waals surface area contributed by atoms with Crippen molar-refractivity contribution in [2.24, 2.45) is 0 Å². The van der Waals surface area contributed by atoms with Gasteiger partial charge in [-0.2, -0.15) is 11.8 Å². The number of methoxy groups -OCH3 is 2. The number of amides is 1. The Morgan fingerprint density at radius 2 is 2.13 bits per heavy atom. The van der Waals surface area contributed by atoms with Crippen LogP contribution in [-0.4, -0.2) is 54.7 Å². The van der Waals surface area contributed by atoms with Gasteiger partial charge in [0.2, 0.25) is 0 Å². The number of thioether (sulfide) groups is 1. The molecule has 1 saturated heterocycles. The van der Waals surface area contributed by atoms with E-state index < -0.39 is 0 Å². The monoisotopic (exact) mass is 354 g/mol. The molecule has 0 bridgehead atoms. The van der Waals surface area contributed by atoms with Gasteiger partial charge in [0.25, 0.3) is 5.91 Å². The number of nitrogens with one attached hydrogen (secondary N) is 1. The molecule has 1 aromatic carbocycles. The zero-order chi connectivity index (χ0) is 16.8. The Kier molecular flexibility index (Phi) is 6.53. The SMILES string of the molecule is COc1ccc(OC)c(CCN2C(=O)[C@@H](CCSC)NC2=S)c1. The summed E-state index contributed by atoms with van der Waals surface area (Å²) in [5.74, 6) is 2.55. The van der Waals surface area contributed by atoms with Crippen LogP contribution in [0.4, 0.5) is 0 Å². The van der Waals surface area contributed by atoms with E-state index in [9.17, 15) is 4.79 Å². The minimum atomic E-state index is -0.192. The van der Waals surface area contributed by atoms with E-state index in [1.54, 1.807) is 30.9 Å². The third kappa shape index (κ3) is 4.29. The summed E-state index contributed by atoms with van der Waals surface area (Å²) in [6.07, 6.45) is 3.48. The Labute approximate surface area is 146 Å². The quantitative estimate of drug-likeness (QED) is 0.722. The lowest BCUT2D eigenvalue weighted by Gasteiger charge is -2.16. The van der Waals surface area contributed by atoms with Crippen LogP contribution >= 0.6 is 24.0 Å². The van der Waals surface area contributed by atoms with Crippen molar-refractivity contribution in [3.05, 3.63) is 23.8 Å². The second-order valence-electron chi connectivity index (χ2n) is 5.20. The molecule has 1 amide bonds. The van der Waals surface area contributed by atoms with Crippen LogP contribution in [0.2, 0.25) is 0 Å². The van der Waals surface area contributed by atoms with Crippen molar-refractivity contribution in [2.75, 3.05) is 32.8 Å². The Bertz CT molecular complexity index is 580. The zero-order valence-electron chi connectivity index (χ0n) is 13.6. The number of carbonyl (C=O) groups is 1. The van der Waals surface area contributed by atoms with Crippen molar-refractivity contribution in [1.82, 2.24) is 10.2 Å². The van der Waals surface area contributed by atoms with Gasteiger partial charge in [-0.3, -0.25) is 9.69 Å². The maximum Gasteiger partial charge on any atom is 0.251 e. The average molecular weight is 354 g/mol. The van der Waals surface area contributed by atoms with E-state index in [-0.39, 0.29) is 11.9 Å². The molecular formula is C16H22N2O3S2. The van der Waals surface area contributed by atoms with Crippen LogP contribution in [-0.2, 0) is 11.2 Å². The first-order valence-electron chi connectivity index (χ1n) is 7.42. The molecule has 7 heteroatoms. The largest absolute Gasteiger partial charge is 0.497 e. The van der Waals surface area contributed by atoms with Crippen LogP contribution in [0.15, 0.2) is 18.2 Å². The highest BCUT2D eigenvalue weighted by atomic mass is 32.2. The summed E-state index contributed by atoms with van der Waals surface area (Å²) in [6, 6.07) is 5.47. The topological polar surface area (TPSA) is 50.8 Å².